The Bertz CT molecular complexity index is 412. The molecule has 0 spiro atoms. The van der Waals surface area contributed by atoms with E-state index < -0.39 is 0 Å². The van der Waals surface area contributed by atoms with Crippen LogP contribution < -0.4 is 5.32 Å². The highest BCUT2D eigenvalue weighted by Gasteiger charge is 2.23. The molecule has 4 heteroatoms. The van der Waals surface area contributed by atoms with Gasteiger partial charge in [0.15, 0.2) is 0 Å². The van der Waals surface area contributed by atoms with Gasteiger partial charge < -0.3 is 5.32 Å². The molecule has 1 aromatic rings. The lowest BCUT2D eigenvalue weighted by atomic mass is 9.87. The molecule has 1 N–H and O–H groups in total. The van der Waals surface area contributed by atoms with E-state index in [4.69, 9.17) is 0 Å². The summed E-state index contributed by atoms with van der Waals surface area (Å²) in [6.07, 6.45) is 3.18. The van der Waals surface area contributed by atoms with Crippen LogP contribution in [0.4, 0.5) is 0 Å². The molecular weight excluding hydrogens is 314 g/mol. The van der Waals surface area contributed by atoms with Crippen molar-refractivity contribution in [3.05, 3.63) is 15.9 Å². The van der Waals surface area contributed by atoms with Gasteiger partial charge in [-0.1, -0.05) is 34.6 Å². The molecule has 1 rings (SSSR count). The third kappa shape index (κ3) is 4.32. The Morgan fingerprint density at radius 3 is 2.35 bits per heavy atom. The zero-order chi connectivity index (χ0) is 15.3. The van der Waals surface area contributed by atoms with Gasteiger partial charge in [-0.2, -0.15) is 5.10 Å². The summed E-state index contributed by atoms with van der Waals surface area (Å²) >= 11 is 3.73. The minimum absolute atomic E-state index is 0.506. The average molecular weight is 344 g/mol. The van der Waals surface area contributed by atoms with E-state index in [1.54, 1.807) is 0 Å². The van der Waals surface area contributed by atoms with Gasteiger partial charge >= 0.3 is 0 Å². The predicted molar refractivity (Wildman–Crippen MR) is 90.1 cm³/mol. The van der Waals surface area contributed by atoms with E-state index in [2.05, 4.69) is 68.0 Å². The van der Waals surface area contributed by atoms with Gasteiger partial charge in [0.25, 0.3) is 0 Å². The number of hydrogen-bond donors (Lipinski definition) is 1. The summed E-state index contributed by atoms with van der Waals surface area (Å²) in [4.78, 5) is 0. The van der Waals surface area contributed by atoms with Crippen LogP contribution in [0.2, 0.25) is 0 Å². The van der Waals surface area contributed by atoms with Gasteiger partial charge in [-0.3, -0.25) is 4.68 Å². The predicted octanol–water partition coefficient (Wildman–Crippen LogP) is 3.95. The lowest BCUT2D eigenvalue weighted by Gasteiger charge is -2.28. The van der Waals surface area contributed by atoms with Crippen LogP contribution in [-0.4, -0.2) is 22.4 Å². The van der Waals surface area contributed by atoms with E-state index in [1.807, 2.05) is 4.68 Å². The highest BCUT2D eigenvalue weighted by atomic mass is 79.9. The summed E-state index contributed by atoms with van der Waals surface area (Å²) in [5.41, 5.74) is 2.47. The van der Waals surface area contributed by atoms with Crippen LogP contribution in [0, 0.1) is 11.8 Å². The van der Waals surface area contributed by atoms with Crippen LogP contribution in [0.1, 0.15) is 52.4 Å². The van der Waals surface area contributed by atoms with Gasteiger partial charge in [-0.05, 0) is 47.2 Å². The van der Waals surface area contributed by atoms with Crippen molar-refractivity contribution in [1.29, 1.82) is 0 Å². The maximum atomic E-state index is 4.61. The fourth-order valence-electron chi connectivity index (χ4n) is 2.49. The molecule has 20 heavy (non-hydrogen) atoms. The molecule has 0 radical (unpaired) electrons. The van der Waals surface area contributed by atoms with Gasteiger partial charge in [0.05, 0.1) is 15.9 Å². The van der Waals surface area contributed by atoms with Crippen LogP contribution in [0.15, 0.2) is 4.47 Å². The molecule has 0 aliphatic carbocycles. The van der Waals surface area contributed by atoms with Crippen molar-refractivity contribution >= 4 is 15.9 Å². The number of aromatic nitrogens is 2. The van der Waals surface area contributed by atoms with E-state index in [0.717, 1.165) is 25.1 Å². The minimum atomic E-state index is 0.506. The molecule has 0 aromatic carbocycles. The first kappa shape index (κ1) is 17.7. The monoisotopic (exact) mass is 343 g/mol. The average Bonchev–Trinajstić information content (AvgIpc) is 2.69. The van der Waals surface area contributed by atoms with Gasteiger partial charge in [-0.15, -0.1) is 0 Å². The molecule has 2 unspecified atom stereocenters. The molecule has 0 fully saturated rings. The van der Waals surface area contributed by atoms with Crippen molar-refractivity contribution in [2.75, 3.05) is 6.54 Å². The Morgan fingerprint density at radius 2 is 1.90 bits per heavy atom. The van der Waals surface area contributed by atoms with Crippen molar-refractivity contribution in [3.63, 3.8) is 0 Å². The quantitative estimate of drug-likeness (QED) is 0.774. The Kier molecular flexibility index (Phi) is 7.24. The smallest absolute Gasteiger partial charge is 0.0766 e. The molecule has 0 aliphatic heterocycles. The Labute approximate surface area is 132 Å². The van der Waals surface area contributed by atoms with Gasteiger partial charge in [0.1, 0.15) is 0 Å². The topological polar surface area (TPSA) is 29.9 Å². The lowest BCUT2D eigenvalue weighted by molar-refractivity contribution is 0.293. The largest absolute Gasteiger partial charge is 0.313 e. The Morgan fingerprint density at radius 1 is 1.25 bits per heavy atom. The first-order chi connectivity index (χ1) is 9.42. The van der Waals surface area contributed by atoms with Crippen molar-refractivity contribution in [3.8, 4) is 0 Å². The fourth-order valence-corrected chi connectivity index (χ4v) is 3.27. The second-order valence-electron chi connectivity index (χ2n) is 6.05. The maximum absolute atomic E-state index is 4.61. The third-order valence-corrected chi connectivity index (χ3v) is 5.17. The van der Waals surface area contributed by atoms with Crippen molar-refractivity contribution in [1.82, 2.24) is 15.1 Å². The molecule has 0 bridgehead atoms. The lowest BCUT2D eigenvalue weighted by Crippen LogP contribution is -2.40. The van der Waals surface area contributed by atoms with E-state index in [0.29, 0.717) is 17.9 Å². The molecule has 0 aliphatic rings. The summed E-state index contributed by atoms with van der Waals surface area (Å²) in [5.74, 6) is 1.33. The molecule has 0 amide bonds. The number of rotatable bonds is 8. The van der Waals surface area contributed by atoms with E-state index in [1.165, 1.54) is 16.6 Å². The SMILES string of the molecule is CCCNC(Cc1c(Br)c(CC)nn1C)C(C)C(C)C. The van der Waals surface area contributed by atoms with Gasteiger partial charge in [0.2, 0.25) is 0 Å². The number of nitrogens with one attached hydrogen (secondary N) is 1. The van der Waals surface area contributed by atoms with Crippen LogP contribution in [-0.2, 0) is 19.9 Å². The van der Waals surface area contributed by atoms with Crippen LogP contribution >= 0.6 is 15.9 Å². The summed E-state index contributed by atoms with van der Waals surface area (Å²) in [5, 5.41) is 8.33. The molecule has 1 aromatic heterocycles. The summed E-state index contributed by atoms with van der Waals surface area (Å²) < 4.78 is 3.23. The molecule has 0 saturated heterocycles. The molecule has 1 heterocycles. The number of nitrogens with zero attached hydrogens (tertiary/aromatic N) is 2. The Balaban J connectivity index is 2.91. The summed E-state index contributed by atoms with van der Waals surface area (Å²) in [6, 6.07) is 0.506. The van der Waals surface area contributed by atoms with Gasteiger partial charge in [-0.25, -0.2) is 0 Å². The van der Waals surface area contributed by atoms with E-state index >= 15 is 0 Å². The van der Waals surface area contributed by atoms with Crippen molar-refractivity contribution in [2.45, 2.75) is 59.9 Å². The zero-order valence-electron chi connectivity index (χ0n) is 13.8. The van der Waals surface area contributed by atoms with Crippen LogP contribution in [0.5, 0.6) is 0 Å². The minimum Gasteiger partial charge on any atom is -0.313 e. The normalized spacial score (nSPS) is 14.8. The summed E-state index contributed by atoms with van der Waals surface area (Å²) in [7, 11) is 2.05. The number of aryl methyl sites for hydroxylation is 2. The zero-order valence-corrected chi connectivity index (χ0v) is 15.4. The second-order valence-corrected chi connectivity index (χ2v) is 6.85. The maximum Gasteiger partial charge on any atom is 0.0766 e. The standard InChI is InChI=1S/C16H30BrN3/c1-7-9-18-14(12(5)11(3)4)10-15-16(17)13(8-2)19-20(15)6/h11-12,14,18H,7-10H2,1-6H3. The summed E-state index contributed by atoms with van der Waals surface area (Å²) in [6.45, 7) is 12.4. The first-order valence-corrected chi connectivity index (χ1v) is 8.65. The van der Waals surface area contributed by atoms with Crippen molar-refractivity contribution in [2.24, 2.45) is 18.9 Å². The number of hydrogen-bond acceptors (Lipinski definition) is 2. The molecule has 3 nitrogen and oxygen atoms in total. The first-order valence-electron chi connectivity index (χ1n) is 7.85. The Hall–Kier alpha value is -0.350. The van der Waals surface area contributed by atoms with Crippen LogP contribution in [0.25, 0.3) is 0 Å². The van der Waals surface area contributed by atoms with Gasteiger partial charge in [0, 0.05) is 19.5 Å². The van der Waals surface area contributed by atoms with Crippen molar-refractivity contribution < 1.29 is 0 Å². The van der Waals surface area contributed by atoms with Crippen LogP contribution in [0.3, 0.4) is 0 Å². The molecule has 0 saturated carbocycles. The molecule has 116 valence electrons. The van der Waals surface area contributed by atoms with E-state index in [9.17, 15) is 0 Å². The highest BCUT2D eigenvalue weighted by molar-refractivity contribution is 9.10. The second kappa shape index (κ2) is 8.18. The fraction of sp³-hybridized carbons (Fsp3) is 0.812. The third-order valence-electron chi connectivity index (χ3n) is 4.26. The molecule has 2 atom stereocenters. The van der Waals surface area contributed by atoms with E-state index in [-0.39, 0.29) is 0 Å². The molecular formula is C16H30BrN3. The number of halogens is 1. The highest BCUT2D eigenvalue weighted by Crippen LogP contribution is 2.25.